The number of hydrogen-bond acceptors (Lipinski definition) is 5. The van der Waals surface area contributed by atoms with Crippen LogP contribution in [0.2, 0.25) is 10.0 Å². The van der Waals surface area contributed by atoms with Crippen LogP contribution in [0.4, 0.5) is 5.69 Å². The maximum atomic E-state index is 12.8. The lowest BCUT2D eigenvalue weighted by atomic mass is 10.2. The van der Waals surface area contributed by atoms with Gasteiger partial charge in [-0.15, -0.1) is 0 Å². The Hall–Kier alpha value is -2.61. The number of esters is 1. The van der Waals surface area contributed by atoms with Gasteiger partial charge in [-0.2, -0.15) is 0 Å². The fraction of sp³-hybridized carbons (Fsp3) is 0.143. The minimum atomic E-state index is -3.37. The highest BCUT2D eigenvalue weighted by Gasteiger charge is 2.31. The van der Waals surface area contributed by atoms with E-state index >= 15 is 0 Å². The van der Waals surface area contributed by atoms with Gasteiger partial charge >= 0.3 is 5.97 Å². The molecule has 6 nitrogen and oxygen atoms in total. The van der Waals surface area contributed by atoms with E-state index in [2.05, 4.69) is 0 Å². The molecule has 0 radical (unpaired) electrons. The van der Waals surface area contributed by atoms with E-state index in [1.54, 1.807) is 48.5 Å². The summed E-state index contributed by atoms with van der Waals surface area (Å²) in [6.07, 6.45) is 4.10. The van der Waals surface area contributed by atoms with Crippen LogP contribution in [0.1, 0.15) is 5.56 Å². The second kappa shape index (κ2) is 9.47. The van der Waals surface area contributed by atoms with Crippen molar-refractivity contribution in [2.45, 2.75) is 6.04 Å². The molecule has 1 aliphatic heterocycles. The monoisotopic (exact) mass is 465 g/mol. The molecule has 0 spiro atoms. The quantitative estimate of drug-likeness (QED) is 0.477. The smallest absolute Gasteiger partial charge is 0.331 e. The molecule has 0 aliphatic carbocycles. The number of para-hydroxylation sites is 1. The predicted octanol–water partition coefficient (Wildman–Crippen LogP) is 3.89. The number of anilines is 1. The van der Waals surface area contributed by atoms with E-state index in [1.807, 2.05) is 0 Å². The molecule has 30 heavy (non-hydrogen) atoms. The number of ether oxygens (including phenoxy) is 1. The zero-order valence-electron chi connectivity index (χ0n) is 15.6. The highest BCUT2D eigenvalue weighted by Crippen LogP contribution is 2.24. The first-order valence-electron chi connectivity index (χ1n) is 8.83. The van der Waals surface area contributed by atoms with Crippen molar-refractivity contribution in [3.63, 3.8) is 0 Å². The third-order valence-corrected chi connectivity index (χ3v) is 6.36. The molecule has 9 heteroatoms. The van der Waals surface area contributed by atoms with Crippen LogP contribution in [-0.2, 0) is 24.2 Å². The number of halogens is 2. The van der Waals surface area contributed by atoms with Crippen LogP contribution < -0.4 is 4.90 Å². The summed E-state index contributed by atoms with van der Waals surface area (Å²) in [5.74, 6) is -1.49. The maximum Gasteiger partial charge on any atom is 0.331 e. The Bertz CT molecular complexity index is 1110. The van der Waals surface area contributed by atoms with Crippen LogP contribution in [0.25, 0.3) is 6.08 Å². The Labute approximate surface area is 184 Å². The predicted molar refractivity (Wildman–Crippen MR) is 117 cm³/mol. The van der Waals surface area contributed by atoms with Gasteiger partial charge in [0.15, 0.2) is 16.4 Å². The molecule has 0 aromatic heterocycles. The van der Waals surface area contributed by atoms with Crippen molar-refractivity contribution in [3.05, 3.63) is 81.7 Å². The first-order valence-corrected chi connectivity index (χ1v) is 11.3. The summed E-state index contributed by atoms with van der Waals surface area (Å²) in [7, 11) is -3.37. The fourth-order valence-corrected chi connectivity index (χ4v) is 4.43. The second-order valence-electron chi connectivity index (χ2n) is 6.44. The topological polar surface area (TPSA) is 80.8 Å². The Balaban J connectivity index is 1.67. The Morgan fingerprint density at radius 1 is 1.10 bits per heavy atom. The molecule has 2 aromatic carbocycles. The first-order chi connectivity index (χ1) is 14.2. The number of rotatable bonds is 6. The fourth-order valence-electron chi connectivity index (χ4n) is 2.86. The molecule has 156 valence electrons. The zero-order chi connectivity index (χ0) is 21.7. The number of sulfone groups is 1. The minimum Gasteiger partial charge on any atom is -0.452 e. The molecular weight excluding hydrogens is 449 g/mol. The van der Waals surface area contributed by atoms with Gasteiger partial charge in [-0.3, -0.25) is 4.79 Å². The van der Waals surface area contributed by atoms with E-state index in [4.69, 9.17) is 27.9 Å². The van der Waals surface area contributed by atoms with Crippen molar-refractivity contribution in [1.29, 1.82) is 0 Å². The van der Waals surface area contributed by atoms with E-state index in [9.17, 15) is 18.0 Å². The molecular formula is C21H17Cl2NO5S. The molecule has 1 heterocycles. The highest BCUT2D eigenvalue weighted by atomic mass is 35.5. The van der Waals surface area contributed by atoms with Gasteiger partial charge < -0.3 is 9.64 Å². The number of hydrogen-bond donors (Lipinski definition) is 0. The minimum absolute atomic E-state index is 0.223. The molecule has 1 amide bonds. The first kappa shape index (κ1) is 22.1. The Morgan fingerprint density at radius 2 is 1.83 bits per heavy atom. The summed E-state index contributed by atoms with van der Waals surface area (Å²) in [6, 6.07) is 12.8. The van der Waals surface area contributed by atoms with Gasteiger partial charge in [-0.25, -0.2) is 13.2 Å². The molecule has 0 bridgehead atoms. The normalized spacial score (nSPS) is 17.2. The third-order valence-electron chi connectivity index (χ3n) is 4.24. The summed E-state index contributed by atoms with van der Waals surface area (Å²) in [6.45, 7) is -0.538. The van der Waals surface area contributed by atoms with E-state index in [1.165, 1.54) is 23.1 Å². The third kappa shape index (κ3) is 5.72. The van der Waals surface area contributed by atoms with E-state index in [-0.39, 0.29) is 5.75 Å². The molecule has 3 rings (SSSR count). The number of benzene rings is 2. The number of carbonyl (C=O) groups is 2. The van der Waals surface area contributed by atoms with Gasteiger partial charge in [0.2, 0.25) is 0 Å². The lowest BCUT2D eigenvalue weighted by molar-refractivity contribution is -0.143. The van der Waals surface area contributed by atoms with Crippen LogP contribution in [0.5, 0.6) is 0 Å². The second-order valence-corrected chi connectivity index (χ2v) is 9.18. The van der Waals surface area contributed by atoms with Crippen molar-refractivity contribution in [3.8, 4) is 0 Å². The standard InChI is InChI=1S/C21H17Cl2NO5S/c22-18-8-6-15(12-19(18)23)7-9-21(26)29-13-20(25)24(16-4-2-1-3-5-16)17-10-11-30(27,28)14-17/h1-12,17H,13-14H2/b9-7+/t17-/m0/s1. The average molecular weight is 466 g/mol. The van der Waals surface area contributed by atoms with Gasteiger partial charge in [0.05, 0.1) is 21.8 Å². The van der Waals surface area contributed by atoms with Crippen LogP contribution in [0.15, 0.2) is 66.1 Å². The highest BCUT2D eigenvalue weighted by molar-refractivity contribution is 7.94. The van der Waals surface area contributed by atoms with Crippen molar-refractivity contribution in [1.82, 2.24) is 0 Å². The Kier molecular flexibility index (Phi) is 6.97. The van der Waals surface area contributed by atoms with Gasteiger partial charge in [-0.05, 0) is 42.0 Å². The van der Waals surface area contributed by atoms with Crippen molar-refractivity contribution >= 4 is 56.7 Å². The molecule has 1 aliphatic rings. The van der Waals surface area contributed by atoms with Gasteiger partial charge in [0.25, 0.3) is 5.91 Å². The van der Waals surface area contributed by atoms with Crippen LogP contribution in [0, 0.1) is 0 Å². The van der Waals surface area contributed by atoms with Crippen molar-refractivity contribution in [2.24, 2.45) is 0 Å². The summed E-state index contributed by atoms with van der Waals surface area (Å²) >= 11 is 11.8. The number of nitrogens with zero attached hydrogens (tertiary/aromatic N) is 1. The molecule has 2 aromatic rings. The van der Waals surface area contributed by atoms with Gasteiger partial charge in [0, 0.05) is 17.2 Å². The number of carbonyl (C=O) groups excluding carboxylic acids is 2. The molecule has 0 fully saturated rings. The molecule has 0 N–H and O–H groups in total. The molecule has 0 saturated heterocycles. The van der Waals surface area contributed by atoms with Crippen LogP contribution in [0.3, 0.4) is 0 Å². The van der Waals surface area contributed by atoms with Crippen molar-refractivity contribution < 1.29 is 22.7 Å². The van der Waals surface area contributed by atoms with Gasteiger partial charge in [-0.1, -0.05) is 47.5 Å². The summed E-state index contributed by atoms with van der Waals surface area (Å²) in [4.78, 5) is 26.1. The summed E-state index contributed by atoms with van der Waals surface area (Å²) < 4.78 is 28.6. The summed E-state index contributed by atoms with van der Waals surface area (Å²) in [5.41, 5.74) is 1.15. The number of amides is 1. The lowest BCUT2D eigenvalue weighted by Gasteiger charge is -2.27. The molecule has 0 saturated carbocycles. The largest absolute Gasteiger partial charge is 0.452 e. The Morgan fingerprint density at radius 3 is 2.47 bits per heavy atom. The van der Waals surface area contributed by atoms with E-state index in [0.717, 1.165) is 5.41 Å². The average Bonchev–Trinajstić information content (AvgIpc) is 3.07. The lowest BCUT2D eigenvalue weighted by Crippen LogP contribution is -2.43. The van der Waals surface area contributed by atoms with E-state index in [0.29, 0.717) is 21.3 Å². The zero-order valence-corrected chi connectivity index (χ0v) is 17.9. The van der Waals surface area contributed by atoms with Crippen LogP contribution in [-0.4, -0.2) is 38.7 Å². The summed E-state index contributed by atoms with van der Waals surface area (Å²) in [5, 5.41) is 1.83. The van der Waals surface area contributed by atoms with Gasteiger partial charge in [0.1, 0.15) is 0 Å². The van der Waals surface area contributed by atoms with Crippen molar-refractivity contribution in [2.75, 3.05) is 17.3 Å². The van der Waals surface area contributed by atoms with Crippen LogP contribution >= 0.6 is 23.2 Å². The van der Waals surface area contributed by atoms with E-state index < -0.39 is 34.4 Å². The molecule has 1 atom stereocenters. The SMILES string of the molecule is O=C(/C=C/c1ccc(Cl)c(Cl)c1)OCC(=O)N(c1ccccc1)[C@H]1C=CS(=O)(=O)C1. The maximum absolute atomic E-state index is 12.8. The molecule has 0 unspecified atom stereocenters.